The van der Waals surface area contributed by atoms with Crippen molar-refractivity contribution in [2.75, 3.05) is 0 Å². The lowest BCUT2D eigenvalue weighted by molar-refractivity contribution is 0.271. The third-order valence-electron chi connectivity index (χ3n) is 2.35. The summed E-state index contributed by atoms with van der Waals surface area (Å²) < 4.78 is 6.93. The Balaban J connectivity index is 1.99. The van der Waals surface area contributed by atoms with Crippen LogP contribution >= 0.6 is 11.8 Å². The smallest absolute Gasteiger partial charge is 0.237 e. The van der Waals surface area contributed by atoms with E-state index in [4.69, 9.17) is 9.63 Å². The largest absolute Gasteiger partial charge is 0.390 e. The molecule has 0 unspecified atom stereocenters. The molecule has 7 heteroatoms. The first kappa shape index (κ1) is 12.1. The predicted molar refractivity (Wildman–Crippen MR) is 62.4 cm³/mol. The minimum Gasteiger partial charge on any atom is -0.390 e. The van der Waals surface area contributed by atoms with E-state index in [-0.39, 0.29) is 6.61 Å². The Bertz CT molecular complexity index is 494. The van der Waals surface area contributed by atoms with Gasteiger partial charge in [-0.2, -0.15) is 4.98 Å². The number of hydrogen-bond donors (Lipinski definition) is 1. The first-order valence-corrected chi connectivity index (χ1v) is 6.28. The van der Waals surface area contributed by atoms with Gasteiger partial charge in [-0.05, 0) is 0 Å². The van der Waals surface area contributed by atoms with Gasteiger partial charge in [0.25, 0.3) is 0 Å². The molecular weight excluding hydrogens is 240 g/mol. The minimum atomic E-state index is -0.00933. The fraction of sp³-hybridized carbons (Fsp3) is 0.500. The molecule has 17 heavy (non-hydrogen) atoms. The van der Waals surface area contributed by atoms with Crippen molar-refractivity contribution in [3.8, 4) is 0 Å². The maximum atomic E-state index is 9.04. The molecule has 0 aliphatic heterocycles. The second kappa shape index (κ2) is 5.33. The maximum Gasteiger partial charge on any atom is 0.237 e. The quantitative estimate of drug-likeness (QED) is 0.806. The summed E-state index contributed by atoms with van der Waals surface area (Å²) in [7, 11) is 1.87. The molecule has 0 saturated heterocycles. The molecular formula is C10H14N4O2S. The summed E-state index contributed by atoms with van der Waals surface area (Å²) in [6.07, 6.45) is 2.43. The van der Waals surface area contributed by atoms with E-state index in [0.29, 0.717) is 11.6 Å². The number of hydrogen-bond acceptors (Lipinski definition) is 6. The van der Waals surface area contributed by atoms with Gasteiger partial charge in [-0.15, -0.1) is 0 Å². The van der Waals surface area contributed by atoms with Crippen LogP contribution < -0.4 is 0 Å². The van der Waals surface area contributed by atoms with Crippen molar-refractivity contribution in [3.05, 3.63) is 23.6 Å². The van der Waals surface area contributed by atoms with Crippen LogP contribution in [0.2, 0.25) is 0 Å². The van der Waals surface area contributed by atoms with Gasteiger partial charge in [0.15, 0.2) is 11.0 Å². The van der Waals surface area contributed by atoms with E-state index < -0.39 is 0 Å². The van der Waals surface area contributed by atoms with Crippen LogP contribution in [0.4, 0.5) is 0 Å². The number of rotatable bonds is 5. The number of imidazole rings is 1. The summed E-state index contributed by atoms with van der Waals surface area (Å²) in [5.41, 5.74) is 0.785. The van der Waals surface area contributed by atoms with Gasteiger partial charge in [0.05, 0.1) is 24.3 Å². The molecule has 2 aromatic heterocycles. The van der Waals surface area contributed by atoms with E-state index >= 15 is 0 Å². The topological polar surface area (TPSA) is 77.0 Å². The van der Waals surface area contributed by atoms with Crippen molar-refractivity contribution in [2.24, 2.45) is 7.05 Å². The molecule has 0 atom stereocenters. The highest BCUT2D eigenvalue weighted by Crippen LogP contribution is 2.21. The van der Waals surface area contributed by atoms with E-state index in [1.165, 1.54) is 11.8 Å². The van der Waals surface area contributed by atoms with Crippen molar-refractivity contribution >= 4 is 11.8 Å². The second-order valence-corrected chi connectivity index (χ2v) is 4.44. The number of aliphatic hydroxyl groups is 1. The Kier molecular flexibility index (Phi) is 3.80. The molecule has 2 rings (SSSR count). The summed E-state index contributed by atoms with van der Waals surface area (Å²) in [6.45, 7) is 1.97. The van der Waals surface area contributed by atoms with Crippen LogP contribution in [0, 0.1) is 0 Å². The monoisotopic (exact) mass is 254 g/mol. The van der Waals surface area contributed by atoms with Crippen molar-refractivity contribution in [1.82, 2.24) is 19.7 Å². The van der Waals surface area contributed by atoms with Crippen molar-refractivity contribution in [3.63, 3.8) is 0 Å². The molecule has 0 spiro atoms. The molecule has 1 N–H and O–H groups in total. The molecule has 0 aliphatic carbocycles. The maximum absolute atomic E-state index is 9.04. The van der Waals surface area contributed by atoms with Crippen LogP contribution in [-0.4, -0.2) is 24.8 Å². The second-order valence-electron chi connectivity index (χ2n) is 3.50. The lowest BCUT2D eigenvalue weighted by Crippen LogP contribution is -1.97. The van der Waals surface area contributed by atoms with Gasteiger partial charge in [-0.3, -0.25) is 0 Å². The van der Waals surface area contributed by atoms with Crippen LogP contribution in [0.1, 0.15) is 24.3 Å². The van der Waals surface area contributed by atoms with Gasteiger partial charge in [0.2, 0.25) is 5.89 Å². The molecule has 0 fully saturated rings. The molecule has 0 bridgehead atoms. The van der Waals surface area contributed by atoms with Crippen LogP contribution in [0.25, 0.3) is 0 Å². The minimum absolute atomic E-state index is 0.00933. The van der Waals surface area contributed by atoms with Crippen LogP contribution in [0.3, 0.4) is 0 Å². The van der Waals surface area contributed by atoms with Crippen LogP contribution in [-0.2, 0) is 25.8 Å². The van der Waals surface area contributed by atoms with Crippen molar-refractivity contribution in [1.29, 1.82) is 0 Å². The normalized spacial score (nSPS) is 11.0. The number of aryl methyl sites for hydroxylation is 1. The highest BCUT2D eigenvalue weighted by molar-refractivity contribution is 7.98. The van der Waals surface area contributed by atoms with Gasteiger partial charge in [-0.1, -0.05) is 23.8 Å². The summed E-state index contributed by atoms with van der Waals surface area (Å²) in [4.78, 5) is 8.42. The summed E-state index contributed by atoms with van der Waals surface area (Å²) >= 11 is 1.50. The Morgan fingerprint density at radius 2 is 2.35 bits per heavy atom. The average Bonchev–Trinajstić information content (AvgIpc) is 2.93. The number of aromatic nitrogens is 4. The molecule has 0 amide bonds. The van der Waals surface area contributed by atoms with E-state index in [1.54, 1.807) is 6.20 Å². The molecule has 6 nitrogen and oxygen atoms in total. The van der Waals surface area contributed by atoms with E-state index in [2.05, 4.69) is 15.1 Å². The Morgan fingerprint density at radius 3 is 2.94 bits per heavy atom. The zero-order valence-corrected chi connectivity index (χ0v) is 10.6. The first-order chi connectivity index (χ1) is 8.24. The predicted octanol–water partition coefficient (Wildman–Crippen LogP) is 1.15. The summed E-state index contributed by atoms with van der Waals surface area (Å²) in [5, 5.41) is 13.7. The molecule has 0 radical (unpaired) electrons. The number of nitrogens with zero attached hydrogens (tertiary/aromatic N) is 4. The molecule has 0 saturated carbocycles. The van der Waals surface area contributed by atoms with Gasteiger partial charge < -0.3 is 14.2 Å². The number of aliphatic hydroxyl groups excluding tert-OH is 1. The SMILES string of the molecule is CCc1noc(CSc2ncc(CO)n2C)n1. The van der Waals surface area contributed by atoms with Crippen LogP contribution in [0.5, 0.6) is 0 Å². The third-order valence-corrected chi connectivity index (χ3v) is 3.38. The lowest BCUT2D eigenvalue weighted by atomic mass is 10.5. The molecule has 2 aromatic rings. The zero-order valence-electron chi connectivity index (χ0n) is 9.75. The highest BCUT2D eigenvalue weighted by atomic mass is 32.2. The fourth-order valence-electron chi connectivity index (χ4n) is 1.33. The van der Waals surface area contributed by atoms with E-state index in [1.807, 2.05) is 18.5 Å². The molecule has 0 aromatic carbocycles. The van der Waals surface area contributed by atoms with E-state index in [9.17, 15) is 0 Å². The van der Waals surface area contributed by atoms with E-state index in [0.717, 1.165) is 23.1 Å². The zero-order chi connectivity index (χ0) is 12.3. The lowest BCUT2D eigenvalue weighted by Gasteiger charge is -2.01. The molecule has 0 aliphatic rings. The van der Waals surface area contributed by atoms with Gasteiger partial charge >= 0.3 is 0 Å². The molecule has 2 heterocycles. The fourth-order valence-corrected chi connectivity index (χ4v) is 2.13. The highest BCUT2D eigenvalue weighted by Gasteiger charge is 2.09. The first-order valence-electron chi connectivity index (χ1n) is 5.30. The molecule has 92 valence electrons. The van der Waals surface area contributed by atoms with Crippen molar-refractivity contribution < 1.29 is 9.63 Å². The number of thioether (sulfide) groups is 1. The van der Waals surface area contributed by atoms with Crippen LogP contribution in [0.15, 0.2) is 15.9 Å². The third kappa shape index (κ3) is 2.67. The Morgan fingerprint density at radius 1 is 1.53 bits per heavy atom. The van der Waals surface area contributed by atoms with Gasteiger partial charge in [-0.25, -0.2) is 4.98 Å². The van der Waals surface area contributed by atoms with Gasteiger partial charge in [0, 0.05) is 13.5 Å². The Labute approximate surface area is 103 Å². The summed E-state index contributed by atoms with van der Waals surface area (Å²) in [5.74, 6) is 1.90. The Hall–Kier alpha value is -1.34. The van der Waals surface area contributed by atoms with Crippen molar-refractivity contribution in [2.45, 2.75) is 30.9 Å². The average molecular weight is 254 g/mol. The standard InChI is InChI=1S/C10H14N4O2S/c1-3-8-12-9(16-13-8)6-17-10-11-4-7(5-15)14(10)2/h4,15H,3,5-6H2,1-2H3. The van der Waals surface area contributed by atoms with Gasteiger partial charge in [0.1, 0.15) is 0 Å². The summed E-state index contributed by atoms with van der Waals surface area (Å²) in [6, 6.07) is 0.